The van der Waals surface area contributed by atoms with Gasteiger partial charge in [0.2, 0.25) is 0 Å². The van der Waals surface area contributed by atoms with Crippen molar-refractivity contribution < 1.29 is 9.90 Å². The van der Waals surface area contributed by atoms with E-state index in [0.717, 1.165) is 0 Å². The van der Waals surface area contributed by atoms with E-state index >= 15 is 0 Å². The van der Waals surface area contributed by atoms with E-state index in [-0.39, 0.29) is 18.6 Å². The molecule has 0 aliphatic carbocycles. The van der Waals surface area contributed by atoms with Gasteiger partial charge in [0.05, 0.1) is 12.8 Å². The predicted octanol–water partition coefficient (Wildman–Crippen LogP) is -1.17. The lowest BCUT2D eigenvalue weighted by Gasteiger charge is -2.11. The standard InChI is InChI=1S/C6H14N2O2/c1-5(10)6(2-3-7)8-4-9/h6,8-9H,2-4,7H2,1H3/t6-/m0/s1. The molecule has 0 heterocycles. The molecule has 0 radical (unpaired) electrons. The van der Waals surface area contributed by atoms with Crippen molar-refractivity contribution in [3.05, 3.63) is 0 Å². The van der Waals surface area contributed by atoms with E-state index in [4.69, 9.17) is 10.8 Å². The van der Waals surface area contributed by atoms with Crippen LogP contribution in [0.1, 0.15) is 13.3 Å². The Balaban J connectivity index is 3.61. The van der Waals surface area contributed by atoms with Crippen molar-refractivity contribution in [2.24, 2.45) is 5.73 Å². The molecular weight excluding hydrogens is 132 g/mol. The quantitative estimate of drug-likeness (QED) is 0.427. The highest BCUT2D eigenvalue weighted by atomic mass is 16.3. The summed E-state index contributed by atoms with van der Waals surface area (Å²) in [6, 6.07) is -0.282. The normalized spacial score (nSPS) is 13.1. The van der Waals surface area contributed by atoms with Crippen LogP contribution in [0.5, 0.6) is 0 Å². The molecule has 0 aliphatic rings. The molecule has 0 aromatic rings. The Hall–Kier alpha value is -0.450. The maximum atomic E-state index is 10.7. The van der Waals surface area contributed by atoms with E-state index in [0.29, 0.717) is 13.0 Å². The largest absolute Gasteiger partial charge is 0.381 e. The summed E-state index contributed by atoms with van der Waals surface area (Å²) in [4.78, 5) is 10.7. The number of hydrogen-bond donors (Lipinski definition) is 3. The van der Waals surface area contributed by atoms with Gasteiger partial charge in [-0.3, -0.25) is 10.1 Å². The van der Waals surface area contributed by atoms with E-state index < -0.39 is 0 Å². The minimum Gasteiger partial charge on any atom is -0.381 e. The van der Waals surface area contributed by atoms with Crippen molar-refractivity contribution in [2.45, 2.75) is 19.4 Å². The van der Waals surface area contributed by atoms with Crippen molar-refractivity contribution >= 4 is 5.78 Å². The van der Waals surface area contributed by atoms with Crippen molar-refractivity contribution in [3.63, 3.8) is 0 Å². The van der Waals surface area contributed by atoms with Gasteiger partial charge in [0, 0.05) is 0 Å². The summed E-state index contributed by atoms with van der Waals surface area (Å²) in [7, 11) is 0. The second kappa shape index (κ2) is 5.34. The number of nitrogens with two attached hydrogens (primary N) is 1. The Kier molecular flexibility index (Phi) is 5.10. The van der Waals surface area contributed by atoms with Crippen LogP contribution in [0.15, 0.2) is 0 Å². The van der Waals surface area contributed by atoms with Crippen LogP contribution < -0.4 is 11.1 Å². The molecule has 0 spiro atoms. The first-order valence-corrected chi connectivity index (χ1v) is 3.27. The van der Waals surface area contributed by atoms with Crippen LogP contribution in [-0.4, -0.2) is 30.2 Å². The maximum Gasteiger partial charge on any atom is 0.146 e. The van der Waals surface area contributed by atoms with Gasteiger partial charge in [-0.05, 0) is 19.9 Å². The highest BCUT2D eigenvalue weighted by Crippen LogP contribution is 1.89. The molecule has 0 fully saturated rings. The molecule has 0 aromatic carbocycles. The molecule has 4 heteroatoms. The number of carbonyl (C=O) groups is 1. The molecule has 0 amide bonds. The summed E-state index contributed by atoms with van der Waals surface area (Å²) in [6.07, 6.45) is 0.579. The Morgan fingerprint density at radius 2 is 2.40 bits per heavy atom. The van der Waals surface area contributed by atoms with Crippen molar-refractivity contribution in [1.29, 1.82) is 0 Å². The van der Waals surface area contributed by atoms with Crippen LogP contribution in [0.4, 0.5) is 0 Å². The second-order valence-corrected chi connectivity index (χ2v) is 2.10. The third-order valence-electron chi connectivity index (χ3n) is 1.28. The first kappa shape index (κ1) is 9.55. The van der Waals surface area contributed by atoms with Gasteiger partial charge in [-0.1, -0.05) is 0 Å². The summed E-state index contributed by atoms with van der Waals surface area (Å²) in [6.45, 7) is 1.75. The number of aliphatic hydroxyl groups excluding tert-OH is 1. The molecule has 0 aliphatic heterocycles. The van der Waals surface area contributed by atoms with Gasteiger partial charge in [-0.2, -0.15) is 0 Å². The van der Waals surface area contributed by atoms with Gasteiger partial charge in [0.25, 0.3) is 0 Å². The average molecular weight is 146 g/mol. The van der Waals surface area contributed by atoms with E-state index in [1.165, 1.54) is 6.92 Å². The molecule has 0 bridgehead atoms. The lowest BCUT2D eigenvalue weighted by Crippen LogP contribution is -2.37. The minimum absolute atomic E-state index is 0.0134. The summed E-state index contributed by atoms with van der Waals surface area (Å²) in [5, 5.41) is 11.0. The topological polar surface area (TPSA) is 75.4 Å². The highest BCUT2D eigenvalue weighted by Gasteiger charge is 2.10. The molecule has 0 saturated carbocycles. The fourth-order valence-electron chi connectivity index (χ4n) is 0.726. The van der Waals surface area contributed by atoms with Crippen LogP contribution in [0.3, 0.4) is 0 Å². The van der Waals surface area contributed by atoms with Crippen LogP contribution in [0.2, 0.25) is 0 Å². The van der Waals surface area contributed by atoms with E-state index in [2.05, 4.69) is 5.32 Å². The average Bonchev–Trinajstić information content (AvgIpc) is 1.87. The number of Topliss-reactive ketones (excluding diaryl/α,β-unsaturated/α-hetero) is 1. The number of rotatable bonds is 5. The molecule has 0 rings (SSSR count). The number of nitrogens with one attached hydrogen (secondary N) is 1. The molecule has 0 aromatic heterocycles. The molecular formula is C6H14N2O2. The van der Waals surface area contributed by atoms with Crippen molar-refractivity contribution in [1.82, 2.24) is 5.32 Å². The van der Waals surface area contributed by atoms with Gasteiger partial charge < -0.3 is 10.8 Å². The van der Waals surface area contributed by atoms with Gasteiger partial charge >= 0.3 is 0 Å². The zero-order valence-corrected chi connectivity index (χ0v) is 6.13. The SMILES string of the molecule is CC(=O)[C@H](CCN)NCO. The minimum atomic E-state index is -0.282. The third kappa shape index (κ3) is 3.55. The van der Waals surface area contributed by atoms with Crippen molar-refractivity contribution in [2.75, 3.05) is 13.3 Å². The zero-order chi connectivity index (χ0) is 7.98. The molecule has 1 atom stereocenters. The van der Waals surface area contributed by atoms with Gasteiger partial charge in [0.1, 0.15) is 5.78 Å². The van der Waals surface area contributed by atoms with Crippen LogP contribution >= 0.6 is 0 Å². The summed E-state index contributed by atoms with van der Waals surface area (Å²) >= 11 is 0. The second-order valence-electron chi connectivity index (χ2n) is 2.10. The lowest BCUT2D eigenvalue weighted by atomic mass is 10.1. The fourth-order valence-corrected chi connectivity index (χ4v) is 0.726. The number of aliphatic hydroxyl groups is 1. The maximum absolute atomic E-state index is 10.7. The molecule has 0 saturated heterocycles. The molecule has 60 valence electrons. The molecule has 10 heavy (non-hydrogen) atoms. The Labute approximate surface area is 60.4 Å². The monoisotopic (exact) mass is 146 g/mol. The summed E-state index contributed by atoms with van der Waals surface area (Å²) in [5.41, 5.74) is 5.22. The number of ketones is 1. The first-order chi connectivity index (χ1) is 4.72. The van der Waals surface area contributed by atoms with Gasteiger partial charge in [-0.15, -0.1) is 0 Å². The van der Waals surface area contributed by atoms with Gasteiger partial charge in [0.15, 0.2) is 0 Å². The van der Waals surface area contributed by atoms with Crippen LogP contribution in [0, 0.1) is 0 Å². The summed E-state index contributed by atoms with van der Waals surface area (Å²) < 4.78 is 0. The Morgan fingerprint density at radius 1 is 1.80 bits per heavy atom. The Morgan fingerprint density at radius 3 is 2.70 bits per heavy atom. The predicted molar refractivity (Wildman–Crippen MR) is 38.4 cm³/mol. The fraction of sp³-hybridized carbons (Fsp3) is 0.833. The highest BCUT2D eigenvalue weighted by molar-refractivity contribution is 5.81. The van der Waals surface area contributed by atoms with E-state index in [1.807, 2.05) is 0 Å². The molecule has 0 unspecified atom stereocenters. The summed E-state index contributed by atoms with van der Waals surface area (Å²) in [5.74, 6) is 0.0134. The van der Waals surface area contributed by atoms with Gasteiger partial charge in [-0.25, -0.2) is 0 Å². The number of hydrogen-bond acceptors (Lipinski definition) is 4. The third-order valence-corrected chi connectivity index (χ3v) is 1.28. The van der Waals surface area contributed by atoms with E-state index in [1.54, 1.807) is 0 Å². The smallest absolute Gasteiger partial charge is 0.146 e. The first-order valence-electron chi connectivity index (χ1n) is 3.27. The molecule has 4 N–H and O–H groups in total. The Bertz CT molecular complexity index is 99.9. The van der Waals surface area contributed by atoms with E-state index in [9.17, 15) is 4.79 Å². The van der Waals surface area contributed by atoms with Crippen LogP contribution in [-0.2, 0) is 4.79 Å². The zero-order valence-electron chi connectivity index (χ0n) is 6.13. The van der Waals surface area contributed by atoms with Crippen molar-refractivity contribution in [3.8, 4) is 0 Å². The number of carbonyl (C=O) groups excluding carboxylic acids is 1. The molecule has 4 nitrogen and oxygen atoms in total. The lowest BCUT2D eigenvalue weighted by molar-refractivity contribution is -0.119. The van der Waals surface area contributed by atoms with Crippen LogP contribution in [0.25, 0.3) is 0 Å².